The van der Waals surface area contributed by atoms with Crippen LogP contribution in [0.4, 0.5) is 0 Å². The number of carbonyl (C=O) groups is 2. The van der Waals surface area contributed by atoms with E-state index in [4.69, 9.17) is 10.2 Å². The van der Waals surface area contributed by atoms with Crippen LogP contribution in [0.3, 0.4) is 0 Å². The molecule has 4 heteroatoms. The van der Waals surface area contributed by atoms with Gasteiger partial charge in [-0.2, -0.15) is 0 Å². The smallest absolute Gasteiger partial charge is 0.343 e. The number of hydrogen-bond donors (Lipinski definition) is 2. The van der Waals surface area contributed by atoms with Crippen molar-refractivity contribution in [3.63, 3.8) is 0 Å². The van der Waals surface area contributed by atoms with Crippen LogP contribution in [-0.2, 0) is 9.59 Å². The van der Waals surface area contributed by atoms with Gasteiger partial charge in [-0.1, -0.05) is 88.3 Å². The van der Waals surface area contributed by atoms with Gasteiger partial charge in [-0.05, 0) is 24.1 Å². The number of carboxylic acids is 2. The van der Waals surface area contributed by atoms with Crippen molar-refractivity contribution >= 4 is 18.0 Å². The molecule has 0 aliphatic heterocycles. The normalized spacial score (nSPS) is 9.96. The lowest BCUT2D eigenvalue weighted by atomic mass is 10.0. The first kappa shape index (κ1) is 22.5. The third kappa shape index (κ3) is 9.65. The van der Waals surface area contributed by atoms with Gasteiger partial charge in [0.05, 0.1) is 0 Å². The van der Waals surface area contributed by atoms with Gasteiger partial charge in [0.25, 0.3) is 0 Å². The summed E-state index contributed by atoms with van der Waals surface area (Å²) in [5.41, 5.74) is 0.494. The molecular formula is C23H30O4. The molecule has 0 amide bonds. The first-order chi connectivity index (χ1) is 13.1. The molecule has 0 heterocycles. The van der Waals surface area contributed by atoms with E-state index < -0.39 is 17.5 Å². The van der Waals surface area contributed by atoms with Gasteiger partial charge in [-0.3, -0.25) is 0 Å². The number of hydrogen-bond acceptors (Lipinski definition) is 2. The number of benzene rings is 1. The van der Waals surface area contributed by atoms with Gasteiger partial charge in [0.15, 0.2) is 0 Å². The minimum absolute atomic E-state index is 0.511. The molecule has 1 aromatic rings. The van der Waals surface area contributed by atoms with Crippen molar-refractivity contribution in [2.24, 2.45) is 0 Å². The summed E-state index contributed by atoms with van der Waals surface area (Å²) in [5.74, 6) is 3.24. The third-order valence-electron chi connectivity index (χ3n) is 4.35. The molecule has 0 saturated heterocycles. The number of aliphatic carboxylic acids is 2. The Bertz CT molecular complexity index is 676. The zero-order valence-electron chi connectivity index (χ0n) is 16.2. The molecule has 0 spiro atoms. The zero-order chi connectivity index (χ0) is 19.9. The zero-order valence-corrected chi connectivity index (χ0v) is 16.2. The van der Waals surface area contributed by atoms with E-state index in [1.807, 2.05) is 0 Å². The maximum absolute atomic E-state index is 11.0. The van der Waals surface area contributed by atoms with E-state index in [1.54, 1.807) is 24.3 Å². The molecular weight excluding hydrogens is 340 g/mol. The number of unbranched alkanes of at least 4 members (excludes halogenated alkanes) is 9. The summed E-state index contributed by atoms with van der Waals surface area (Å²) >= 11 is 0. The van der Waals surface area contributed by atoms with Gasteiger partial charge in [-0.15, -0.1) is 0 Å². The minimum Gasteiger partial charge on any atom is -0.477 e. The van der Waals surface area contributed by atoms with Crippen molar-refractivity contribution in [3.05, 3.63) is 41.0 Å². The van der Waals surface area contributed by atoms with Crippen molar-refractivity contribution in [1.82, 2.24) is 0 Å². The van der Waals surface area contributed by atoms with Gasteiger partial charge in [-0.25, -0.2) is 9.59 Å². The standard InChI is InChI=1S/C23H30O4/c1-2-3-4-5-6-7-8-9-10-11-12-15-19-16-13-14-17-20(19)18-21(22(24)25)23(26)27/h13-14,16-18H,2-11H2,1H3,(H,24,25)(H,26,27). The highest BCUT2D eigenvalue weighted by Crippen LogP contribution is 2.14. The first-order valence-corrected chi connectivity index (χ1v) is 9.82. The van der Waals surface area contributed by atoms with E-state index in [9.17, 15) is 9.59 Å². The van der Waals surface area contributed by atoms with E-state index in [-0.39, 0.29) is 0 Å². The van der Waals surface area contributed by atoms with E-state index in [2.05, 4.69) is 18.8 Å². The largest absolute Gasteiger partial charge is 0.477 e. The van der Waals surface area contributed by atoms with E-state index in [0.717, 1.165) is 18.9 Å². The lowest BCUT2D eigenvalue weighted by Crippen LogP contribution is -2.11. The average Bonchev–Trinajstić information content (AvgIpc) is 2.64. The second kappa shape index (κ2) is 13.6. The molecule has 0 atom stereocenters. The highest BCUT2D eigenvalue weighted by molar-refractivity contribution is 6.16. The third-order valence-corrected chi connectivity index (χ3v) is 4.35. The van der Waals surface area contributed by atoms with Gasteiger partial charge in [0.1, 0.15) is 5.57 Å². The Kier molecular flexibility index (Phi) is 11.4. The van der Waals surface area contributed by atoms with E-state index >= 15 is 0 Å². The first-order valence-electron chi connectivity index (χ1n) is 9.82. The van der Waals surface area contributed by atoms with Crippen LogP contribution in [0.1, 0.15) is 82.3 Å². The van der Waals surface area contributed by atoms with Crippen LogP contribution < -0.4 is 0 Å². The molecule has 27 heavy (non-hydrogen) atoms. The second-order valence-electron chi connectivity index (χ2n) is 6.64. The maximum atomic E-state index is 11.0. The predicted octanol–water partition coefficient (Wildman–Crippen LogP) is 5.51. The van der Waals surface area contributed by atoms with E-state index in [1.165, 1.54) is 51.4 Å². The highest BCUT2D eigenvalue weighted by Gasteiger charge is 2.16. The van der Waals surface area contributed by atoms with Gasteiger partial charge in [0, 0.05) is 12.0 Å². The van der Waals surface area contributed by atoms with Crippen LogP contribution in [0.25, 0.3) is 6.08 Å². The number of carboxylic acid groups (broad SMARTS) is 2. The fourth-order valence-corrected chi connectivity index (χ4v) is 2.79. The molecule has 0 fully saturated rings. The summed E-state index contributed by atoms with van der Waals surface area (Å²) in [5, 5.41) is 18.0. The fraction of sp³-hybridized carbons (Fsp3) is 0.478. The van der Waals surface area contributed by atoms with Gasteiger partial charge in [0.2, 0.25) is 0 Å². The Morgan fingerprint density at radius 2 is 1.44 bits per heavy atom. The molecule has 0 saturated carbocycles. The van der Waals surface area contributed by atoms with E-state index in [0.29, 0.717) is 11.1 Å². The molecule has 1 rings (SSSR count). The quantitative estimate of drug-likeness (QED) is 0.167. The predicted molar refractivity (Wildman–Crippen MR) is 108 cm³/mol. The molecule has 1 aromatic carbocycles. The Balaban J connectivity index is 2.47. The summed E-state index contributed by atoms with van der Waals surface area (Å²) in [6.07, 6.45) is 13.3. The summed E-state index contributed by atoms with van der Waals surface area (Å²) in [6.45, 7) is 2.23. The topological polar surface area (TPSA) is 74.6 Å². The Hall–Kier alpha value is -2.54. The summed E-state index contributed by atoms with van der Waals surface area (Å²) in [4.78, 5) is 22.1. The van der Waals surface area contributed by atoms with Crippen molar-refractivity contribution in [3.8, 4) is 11.8 Å². The molecule has 0 bridgehead atoms. The van der Waals surface area contributed by atoms with Crippen molar-refractivity contribution in [2.75, 3.05) is 0 Å². The summed E-state index contributed by atoms with van der Waals surface area (Å²) in [7, 11) is 0. The summed E-state index contributed by atoms with van der Waals surface area (Å²) < 4.78 is 0. The second-order valence-corrected chi connectivity index (χ2v) is 6.64. The molecule has 2 N–H and O–H groups in total. The molecule has 4 nitrogen and oxygen atoms in total. The van der Waals surface area contributed by atoms with Crippen LogP contribution in [0.15, 0.2) is 29.8 Å². The van der Waals surface area contributed by atoms with Crippen molar-refractivity contribution in [1.29, 1.82) is 0 Å². The van der Waals surface area contributed by atoms with Gasteiger partial charge >= 0.3 is 11.9 Å². The van der Waals surface area contributed by atoms with Crippen molar-refractivity contribution in [2.45, 2.75) is 71.1 Å². The maximum Gasteiger partial charge on any atom is 0.343 e. The average molecular weight is 370 g/mol. The van der Waals surface area contributed by atoms with Crippen LogP contribution in [0.5, 0.6) is 0 Å². The fourth-order valence-electron chi connectivity index (χ4n) is 2.79. The Labute approximate surface area is 162 Å². The van der Waals surface area contributed by atoms with Crippen molar-refractivity contribution < 1.29 is 19.8 Å². The SMILES string of the molecule is CCCCCCCCCCCC#Cc1ccccc1C=C(C(=O)O)C(=O)O. The number of rotatable bonds is 12. The Morgan fingerprint density at radius 3 is 2.04 bits per heavy atom. The lowest BCUT2D eigenvalue weighted by molar-refractivity contribution is -0.140. The molecule has 0 aromatic heterocycles. The molecule has 146 valence electrons. The minimum atomic E-state index is -1.46. The molecule has 0 radical (unpaired) electrons. The van der Waals surface area contributed by atoms with Crippen LogP contribution in [-0.4, -0.2) is 22.2 Å². The van der Waals surface area contributed by atoms with Crippen LogP contribution in [0.2, 0.25) is 0 Å². The van der Waals surface area contributed by atoms with Crippen LogP contribution >= 0.6 is 0 Å². The van der Waals surface area contributed by atoms with Crippen LogP contribution in [0, 0.1) is 11.8 Å². The highest BCUT2D eigenvalue weighted by atomic mass is 16.4. The lowest BCUT2D eigenvalue weighted by Gasteiger charge is -2.01. The molecule has 0 aliphatic rings. The Morgan fingerprint density at radius 1 is 0.889 bits per heavy atom. The monoisotopic (exact) mass is 370 g/mol. The van der Waals surface area contributed by atoms with Gasteiger partial charge < -0.3 is 10.2 Å². The molecule has 0 unspecified atom stereocenters. The molecule has 0 aliphatic carbocycles. The summed E-state index contributed by atoms with van der Waals surface area (Å²) in [6, 6.07) is 6.99.